The summed E-state index contributed by atoms with van der Waals surface area (Å²) < 4.78 is 43.7. The fraction of sp³-hybridized carbons (Fsp3) is 0.804. The van der Waals surface area contributed by atoms with Gasteiger partial charge in [0.25, 0.3) is 0 Å². The lowest BCUT2D eigenvalue weighted by molar-refractivity contribution is -0.302. The molecule has 0 saturated carbocycles. The van der Waals surface area contributed by atoms with Gasteiger partial charge in [0.1, 0.15) is 35.8 Å². The molecule has 3 fully saturated rings. The number of hydrogen-bond acceptors (Lipinski definition) is 21. The molecule has 0 bridgehead atoms. The quantitative estimate of drug-likeness (QED) is 0.0880. The maximum atomic E-state index is 14.6. The molecule has 18 atom stereocenters. The van der Waals surface area contributed by atoms with Crippen molar-refractivity contribution >= 4 is 28.3 Å². The summed E-state index contributed by atoms with van der Waals surface area (Å²) >= 11 is 1.18. The molecule has 0 radical (unpaired) electrons. The van der Waals surface area contributed by atoms with Gasteiger partial charge in [-0.15, -0.1) is 5.10 Å². The number of nitrogens with one attached hydrogen (secondary N) is 1. The predicted molar refractivity (Wildman–Crippen MR) is 273 cm³/mol. The van der Waals surface area contributed by atoms with Gasteiger partial charge in [0.05, 0.1) is 53.8 Å². The number of aliphatic hydroxyl groups is 5. The number of aryl methyl sites for hydroxylation is 1. The van der Waals surface area contributed by atoms with Gasteiger partial charge >= 0.3 is 5.97 Å². The molecular weight excluding hydrogens is 963 g/mol. The van der Waals surface area contributed by atoms with Crippen molar-refractivity contribution in [2.45, 2.75) is 198 Å². The molecule has 1 aromatic carbocycles. The van der Waals surface area contributed by atoms with Crippen LogP contribution in [0, 0.1) is 23.7 Å². The number of aliphatic hydroxyl groups excluding tert-OH is 3. The standard InChI is InChI=1S/C51H85N9O12S/c1-14-40-51(10,66)43(62)33(6)59(12)27-29(2)25-49(8,65)45(31(4)41(32(5)46(64)71-40)39-26-50(9,67-13)44(63)34(7)70-39)72-47-42(61)38(24-30(3)69-47)58(11)22-20-36-28-60(56-53-36)21-15-23-68-37-18-16-35(17-19-37)52-48-54-55-57-73-48/h16-19,28-34,38-45,47,61-63,65-66H,14-15,20-27H2,1-13H3,(H,52,54,57)/t29-,30-,31+,32-,33-,34+,38+,39-,40-,41?,42-,43-,44+,45-,47+,49-,50-,51-/m1/s1. The molecule has 73 heavy (non-hydrogen) atoms. The molecule has 0 amide bonds. The normalized spacial score (nSPS) is 38.6. The Labute approximate surface area is 435 Å². The van der Waals surface area contributed by atoms with Crippen LogP contribution < -0.4 is 10.1 Å². The van der Waals surface area contributed by atoms with Crippen molar-refractivity contribution in [2.24, 2.45) is 23.7 Å². The summed E-state index contributed by atoms with van der Waals surface area (Å²) in [7, 11) is 5.34. The first kappa shape index (κ1) is 58.7. The lowest BCUT2D eigenvalue weighted by atomic mass is 9.68. The lowest BCUT2D eigenvalue weighted by Crippen LogP contribution is -2.62. The van der Waals surface area contributed by atoms with Gasteiger partial charge in [0, 0.05) is 87.4 Å². The molecule has 5 heterocycles. The number of carbonyl (C=O) groups excluding carboxylic acids is 1. The maximum Gasteiger partial charge on any atom is 0.309 e. The summed E-state index contributed by atoms with van der Waals surface area (Å²) in [6, 6.07) is 6.62. The van der Waals surface area contributed by atoms with Crippen molar-refractivity contribution in [2.75, 3.05) is 46.2 Å². The van der Waals surface area contributed by atoms with Gasteiger partial charge in [-0.25, -0.2) is 0 Å². The summed E-state index contributed by atoms with van der Waals surface area (Å²) in [5, 5.41) is 80.1. The summed E-state index contributed by atoms with van der Waals surface area (Å²) in [4.78, 5) is 18.6. The molecule has 2 aromatic heterocycles. The second-order valence-electron chi connectivity index (χ2n) is 22.0. The van der Waals surface area contributed by atoms with Crippen molar-refractivity contribution in [3.05, 3.63) is 36.2 Å². The first-order valence-corrected chi connectivity index (χ1v) is 26.8. The zero-order valence-corrected chi connectivity index (χ0v) is 46.0. The number of esters is 1. The van der Waals surface area contributed by atoms with Gasteiger partial charge in [-0.3, -0.25) is 9.48 Å². The first-order valence-electron chi connectivity index (χ1n) is 26.0. The fourth-order valence-electron chi connectivity index (χ4n) is 11.6. The molecule has 0 aliphatic carbocycles. The third kappa shape index (κ3) is 14.3. The van der Waals surface area contributed by atoms with E-state index in [1.807, 2.05) is 84.1 Å². The average Bonchev–Trinajstić information content (AvgIpc) is 4.04. The van der Waals surface area contributed by atoms with Crippen LogP contribution in [0.5, 0.6) is 5.75 Å². The van der Waals surface area contributed by atoms with Crippen LogP contribution in [0.3, 0.4) is 0 Å². The maximum absolute atomic E-state index is 14.6. The number of cyclic esters (lactones) is 1. The number of rotatable bonds is 16. The van der Waals surface area contributed by atoms with Crippen molar-refractivity contribution in [3.8, 4) is 5.75 Å². The Hall–Kier alpha value is -3.52. The van der Waals surface area contributed by atoms with Crippen molar-refractivity contribution in [1.29, 1.82) is 0 Å². The number of ether oxygens (including phenoxy) is 6. The molecule has 6 rings (SSSR count). The molecule has 21 nitrogen and oxygen atoms in total. The Kier molecular flexibility index (Phi) is 20.2. The molecule has 3 saturated heterocycles. The summed E-state index contributed by atoms with van der Waals surface area (Å²) in [5.74, 6) is -2.38. The number of aromatic nitrogens is 6. The predicted octanol–water partition coefficient (Wildman–Crippen LogP) is 3.84. The van der Waals surface area contributed by atoms with Crippen molar-refractivity contribution in [3.63, 3.8) is 0 Å². The monoisotopic (exact) mass is 1050 g/mol. The zero-order chi connectivity index (χ0) is 53.6. The highest BCUT2D eigenvalue weighted by molar-refractivity contribution is 7.09. The van der Waals surface area contributed by atoms with Crippen LogP contribution in [0.4, 0.5) is 10.8 Å². The Morgan fingerprint density at radius 3 is 2.36 bits per heavy atom. The molecule has 1 unspecified atom stereocenters. The third-order valence-corrected chi connectivity index (χ3v) is 16.5. The van der Waals surface area contributed by atoms with E-state index in [0.29, 0.717) is 50.6 Å². The van der Waals surface area contributed by atoms with Gasteiger partial charge in [-0.2, -0.15) is 0 Å². The van der Waals surface area contributed by atoms with E-state index in [2.05, 4.69) is 35.3 Å². The van der Waals surface area contributed by atoms with E-state index in [9.17, 15) is 30.3 Å². The van der Waals surface area contributed by atoms with Crippen LogP contribution in [0.1, 0.15) is 107 Å². The summed E-state index contributed by atoms with van der Waals surface area (Å²) in [5.41, 5.74) is -2.79. The number of likely N-dealkylation sites (N-methyl/N-ethyl adjacent to an activating group) is 2. The molecule has 3 aliphatic rings. The summed E-state index contributed by atoms with van der Waals surface area (Å²) in [6.45, 7) is 20.1. The number of benzene rings is 1. The van der Waals surface area contributed by atoms with E-state index in [-0.39, 0.29) is 31.3 Å². The molecule has 22 heteroatoms. The molecule has 412 valence electrons. The SMILES string of the molecule is CC[C@H]1OC(=O)[C@H](C)C([C@H]2C[C@@](C)(OC)[C@@H](O)[C@H](C)O2)[C@H](C)[C@@H](O[C@@H]2O[C@H](C)C[C@H](N(C)CCc3cn(CCCOc4ccc(Nc5nnns5)cc4)nn3)[C@H]2O)[C@](C)(O)C[C@@H](C)CN(C)[C@H](C)[C@@H](O)[C@]1(C)O. The highest BCUT2D eigenvalue weighted by Gasteiger charge is 2.55. The first-order chi connectivity index (χ1) is 34.4. The Bertz CT molecular complexity index is 2160. The second kappa shape index (κ2) is 25.1. The van der Waals surface area contributed by atoms with Crippen LogP contribution >= 0.6 is 11.5 Å². The molecular formula is C51H85N9O12S. The minimum Gasteiger partial charge on any atom is -0.494 e. The molecule has 3 aromatic rings. The summed E-state index contributed by atoms with van der Waals surface area (Å²) in [6.07, 6.45) is -4.10. The largest absolute Gasteiger partial charge is 0.494 e. The van der Waals surface area contributed by atoms with E-state index in [4.69, 9.17) is 28.4 Å². The Balaban J connectivity index is 1.18. The molecule has 3 aliphatic heterocycles. The third-order valence-electron chi connectivity index (χ3n) is 16.0. The topological polar surface area (TPSA) is 261 Å². The van der Waals surface area contributed by atoms with E-state index >= 15 is 0 Å². The van der Waals surface area contributed by atoms with Crippen molar-refractivity contribution < 1.29 is 58.7 Å². The lowest BCUT2D eigenvalue weighted by Gasteiger charge is -2.51. The van der Waals surface area contributed by atoms with Crippen LogP contribution in [-0.2, 0) is 41.4 Å². The van der Waals surface area contributed by atoms with Crippen LogP contribution in [0.2, 0.25) is 0 Å². The van der Waals surface area contributed by atoms with Crippen LogP contribution in [0.15, 0.2) is 30.5 Å². The van der Waals surface area contributed by atoms with Gasteiger partial charge in [-0.05, 0) is 116 Å². The van der Waals surface area contributed by atoms with Gasteiger partial charge in [0.15, 0.2) is 6.29 Å². The second-order valence-corrected chi connectivity index (χ2v) is 22.7. The van der Waals surface area contributed by atoms with E-state index in [0.717, 1.165) is 17.1 Å². The van der Waals surface area contributed by atoms with Crippen LogP contribution in [0.25, 0.3) is 0 Å². The fourth-order valence-corrected chi connectivity index (χ4v) is 12.0. The highest BCUT2D eigenvalue weighted by atomic mass is 32.1. The Morgan fingerprint density at radius 1 is 0.986 bits per heavy atom. The van der Waals surface area contributed by atoms with E-state index < -0.39 is 102 Å². The zero-order valence-electron chi connectivity index (χ0n) is 45.2. The minimum absolute atomic E-state index is 0.170. The van der Waals surface area contributed by atoms with E-state index in [1.165, 1.54) is 25.6 Å². The number of methoxy groups -OCH3 is 1. The number of nitrogens with zero attached hydrogens (tertiary/aromatic N) is 8. The highest BCUT2D eigenvalue weighted by Crippen LogP contribution is 2.45. The number of anilines is 2. The molecule has 6 N–H and O–H groups in total. The minimum atomic E-state index is -1.81. The average molecular weight is 1050 g/mol. The van der Waals surface area contributed by atoms with E-state index in [1.54, 1.807) is 32.4 Å². The smallest absolute Gasteiger partial charge is 0.309 e. The number of carbonyl (C=O) groups is 1. The van der Waals surface area contributed by atoms with Gasteiger partial charge < -0.3 is 69.1 Å². The van der Waals surface area contributed by atoms with Gasteiger partial charge in [0.2, 0.25) is 5.13 Å². The number of hydrogen-bond donors (Lipinski definition) is 6. The Morgan fingerprint density at radius 2 is 1.70 bits per heavy atom. The van der Waals surface area contributed by atoms with Crippen LogP contribution in [-0.4, -0.2) is 196 Å². The van der Waals surface area contributed by atoms with Gasteiger partial charge in [-0.1, -0.05) is 42.5 Å². The van der Waals surface area contributed by atoms with Crippen molar-refractivity contribution in [1.82, 2.24) is 39.6 Å². The molecule has 0 spiro atoms.